The lowest BCUT2D eigenvalue weighted by molar-refractivity contribution is 0.705. The van der Waals surface area contributed by atoms with E-state index in [9.17, 15) is 9.59 Å². The molecule has 0 aliphatic rings. The van der Waals surface area contributed by atoms with Crippen LogP contribution in [0, 0.1) is 0 Å². The molecule has 0 saturated heterocycles. The zero-order valence-corrected chi connectivity index (χ0v) is 7.33. The maximum atomic E-state index is 11.0. The Morgan fingerprint density at radius 2 is 2.09 bits per heavy atom. The van der Waals surface area contributed by atoms with E-state index in [0.29, 0.717) is 0 Å². The summed E-state index contributed by atoms with van der Waals surface area (Å²) in [6, 6.07) is 0. The van der Waals surface area contributed by atoms with E-state index < -0.39 is 11.2 Å². The van der Waals surface area contributed by atoms with Crippen LogP contribution in [0.2, 0.25) is 0 Å². The monoisotopic (exact) mass is 219 g/mol. The number of rotatable bonds is 0. The normalized spacial score (nSPS) is 10.0. The molecule has 60 valence electrons. The molecule has 1 aromatic heterocycles. The van der Waals surface area contributed by atoms with Crippen LogP contribution in [-0.4, -0.2) is 9.24 Å². The van der Waals surface area contributed by atoms with E-state index in [4.69, 9.17) is 5.84 Å². The predicted octanol–water partition coefficient (Wildman–Crippen LogP) is -0.977. The van der Waals surface area contributed by atoms with Crippen molar-refractivity contribution in [2.75, 3.05) is 5.84 Å². The summed E-state index contributed by atoms with van der Waals surface area (Å²) in [6.07, 6.45) is 1.23. The SMILES string of the molecule is Cn1c(=O)c(Br)cn(N)c1=O. The number of hydrogen-bond acceptors (Lipinski definition) is 3. The highest BCUT2D eigenvalue weighted by atomic mass is 79.9. The van der Waals surface area contributed by atoms with Crippen LogP contribution in [0.4, 0.5) is 0 Å². The summed E-state index contributed by atoms with van der Waals surface area (Å²) < 4.78 is 2.03. The van der Waals surface area contributed by atoms with Gasteiger partial charge >= 0.3 is 5.69 Å². The zero-order chi connectivity index (χ0) is 8.59. The van der Waals surface area contributed by atoms with Crippen molar-refractivity contribution in [1.82, 2.24) is 9.24 Å². The van der Waals surface area contributed by atoms with Gasteiger partial charge in [0.1, 0.15) is 4.47 Å². The van der Waals surface area contributed by atoms with Gasteiger partial charge in [-0.05, 0) is 15.9 Å². The van der Waals surface area contributed by atoms with E-state index in [1.165, 1.54) is 13.2 Å². The fraction of sp³-hybridized carbons (Fsp3) is 0.200. The van der Waals surface area contributed by atoms with Gasteiger partial charge in [0.2, 0.25) is 0 Å². The third-order valence-corrected chi connectivity index (χ3v) is 1.81. The molecule has 1 heterocycles. The van der Waals surface area contributed by atoms with Crippen molar-refractivity contribution in [2.45, 2.75) is 0 Å². The minimum atomic E-state index is -0.543. The van der Waals surface area contributed by atoms with E-state index in [-0.39, 0.29) is 4.47 Å². The minimum Gasteiger partial charge on any atom is -0.335 e. The van der Waals surface area contributed by atoms with Gasteiger partial charge in [0.05, 0.1) is 6.20 Å². The van der Waals surface area contributed by atoms with Crippen molar-refractivity contribution >= 4 is 15.9 Å². The molecular weight excluding hydrogens is 214 g/mol. The lowest BCUT2D eigenvalue weighted by Gasteiger charge is -2.00. The van der Waals surface area contributed by atoms with E-state index in [1.807, 2.05) is 0 Å². The molecule has 0 unspecified atom stereocenters. The second kappa shape index (κ2) is 2.54. The number of aromatic nitrogens is 2. The largest absolute Gasteiger partial charge is 0.349 e. The van der Waals surface area contributed by atoms with Gasteiger partial charge in [-0.25, -0.2) is 9.47 Å². The predicted molar refractivity (Wildman–Crippen MR) is 43.8 cm³/mol. The smallest absolute Gasteiger partial charge is 0.335 e. The summed E-state index contributed by atoms with van der Waals surface area (Å²) in [4.78, 5) is 21.9. The summed E-state index contributed by atoms with van der Waals surface area (Å²) in [6.45, 7) is 0. The zero-order valence-electron chi connectivity index (χ0n) is 5.74. The van der Waals surface area contributed by atoms with Crippen LogP contribution in [0.3, 0.4) is 0 Å². The number of halogens is 1. The molecule has 2 N–H and O–H groups in total. The van der Waals surface area contributed by atoms with Crippen LogP contribution >= 0.6 is 15.9 Å². The van der Waals surface area contributed by atoms with E-state index >= 15 is 0 Å². The molecule has 6 heteroatoms. The third kappa shape index (κ3) is 1.21. The minimum absolute atomic E-state index is 0.266. The second-order valence-corrected chi connectivity index (χ2v) is 2.89. The number of nitrogen functional groups attached to an aromatic ring is 1. The van der Waals surface area contributed by atoms with Gasteiger partial charge in [-0.3, -0.25) is 9.36 Å². The topological polar surface area (TPSA) is 70.0 Å². The first-order valence-electron chi connectivity index (χ1n) is 2.77. The van der Waals surface area contributed by atoms with Crippen LogP contribution < -0.4 is 17.1 Å². The highest BCUT2D eigenvalue weighted by molar-refractivity contribution is 9.10. The molecule has 0 aromatic carbocycles. The summed E-state index contributed by atoms with van der Waals surface area (Å²) in [5.74, 6) is 5.20. The Bertz CT molecular complexity index is 357. The van der Waals surface area contributed by atoms with Crippen molar-refractivity contribution < 1.29 is 0 Å². The highest BCUT2D eigenvalue weighted by Crippen LogP contribution is 1.95. The molecule has 0 fully saturated rings. The summed E-state index contributed by atoms with van der Waals surface area (Å²) in [5, 5.41) is 0. The average molecular weight is 220 g/mol. The summed E-state index contributed by atoms with van der Waals surface area (Å²) >= 11 is 2.96. The second-order valence-electron chi connectivity index (χ2n) is 2.03. The first-order valence-corrected chi connectivity index (χ1v) is 3.56. The fourth-order valence-electron chi connectivity index (χ4n) is 0.653. The number of hydrogen-bond donors (Lipinski definition) is 1. The van der Waals surface area contributed by atoms with Crippen molar-refractivity contribution in [3.63, 3.8) is 0 Å². The molecule has 0 spiro atoms. The lowest BCUT2D eigenvalue weighted by atomic mass is 10.6. The lowest BCUT2D eigenvalue weighted by Crippen LogP contribution is -2.41. The van der Waals surface area contributed by atoms with Crippen molar-refractivity contribution in [3.8, 4) is 0 Å². The maximum Gasteiger partial charge on any atom is 0.349 e. The Morgan fingerprint density at radius 1 is 1.55 bits per heavy atom. The standard InChI is InChI=1S/C5H6BrN3O2/c1-8-4(10)3(6)2-9(7)5(8)11/h2H,7H2,1H3. The van der Waals surface area contributed by atoms with E-state index in [1.54, 1.807) is 0 Å². The Labute approximate surface area is 70.2 Å². The van der Waals surface area contributed by atoms with Crippen molar-refractivity contribution in [3.05, 3.63) is 31.5 Å². The molecular formula is C5H6BrN3O2. The van der Waals surface area contributed by atoms with Gasteiger partial charge in [-0.2, -0.15) is 0 Å². The molecule has 0 bridgehead atoms. The Hall–Kier alpha value is -1.04. The van der Waals surface area contributed by atoms with Crippen LogP contribution in [0.15, 0.2) is 20.3 Å². The number of nitrogens with two attached hydrogens (primary N) is 1. The van der Waals surface area contributed by atoms with Gasteiger partial charge < -0.3 is 5.84 Å². The van der Waals surface area contributed by atoms with E-state index in [2.05, 4.69) is 15.9 Å². The van der Waals surface area contributed by atoms with Crippen LogP contribution in [0.5, 0.6) is 0 Å². The van der Waals surface area contributed by atoms with Gasteiger partial charge in [0, 0.05) is 7.05 Å². The quantitative estimate of drug-likeness (QED) is 0.571. The molecule has 11 heavy (non-hydrogen) atoms. The molecule has 0 radical (unpaired) electrons. The molecule has 5 nitrogen and oxygen atoms in total. The molecule has 0 atom stereocenters. The van der Waals surface area contributed by atoms with Crippen LogP contribution in [0.25, 0.3) is 0 Å². The van der Waals surface area contributed by atoms with Crippen molar-refractivity contribution in [1.29, 1.82) is 0 Å². The van der Waals surface area contributed by atoms with E-state index in [0.717, 1.165) is 9.24 Å². The fourth-order valence-corrected chi connectivity index (χ4v) is 1.14. The average Bonchev–Trinajstić information content (AvgIpc) is 1.97. The highest BCUT2D eigenvalue weighted by Gasteiger charge is 2.02. The summed E-state index contributed by atoms with van der Waals surface area (Å²) in [7, 11) is 1.36. The summed E-state index contributed by atoms with van der Waals surface area (Å²) in [5.41, 5.74) is -0.935. The maximum absolute atomic E-state index is 11.0. The van der Waals surface area contributed by atoms with Crippen molar-refractivity contribution in [2.24, 2.45) is 7.05 Å². The molecule has 0 saturated carbocycles. The van der Waals surface area contributed by atoms with Gasteiger partial charge in [0.25, 0.3) is 5.56 Å². The Morgan fingerprint density at radius 3 is 2.64 bits per heavy atom. The number of nitrogens with zero attached hydrogens (tertiary/aromatic N) is 2. The Kier molecular flexibility index (Phi) is 1.86. The van der Waals surface area contributed by atoms with Gasteiger partial charge in [0.15, 0.2) is 0 Å². The molecule has 1 rings (SSSR count). The molecule has 0 aliphatic heterocycles. The third-order valence-electron chi connectivity index (χ3n) is 1.27. The Balaban J connectivity index is 3.74. The molecule has 1 aromatic rings. The van der Waals surface area contributed by atoms with Gasteiger partial charge in [-0.15, -0.1) is 0 Å². The van der Waals surface area contributed by atoms with Gasteiger partial charge in [-0.1, -0.05) is 0 Å². The first kappa shape index (κ1) is 8.06. The van der Waals surface area contributed by atoms with Crippen LogP contribution in [0.1, 0.15) is 0 Å². The molecule has 0 amide bonds. The van der Waals surface area contributed by atoms with Crippen LogP contribution in [-0.2, 0) is 7.05 Å². The molecule has 0 aliphatic carbocycles. The first-order chi connectivity index (χ1) is 5.04.